The van der Waals surface area contributed by atoms with Gasteiger partial charge in [0.2, 0.25) is 0 Å². The Labute approximate surface area is 126 Å². The lowest BCUT2D eigenvalue weighted by atomic mass is 9.91. The van der Waals surface area contributed by atoms with Crippen LogP contribution in [0.5, 0.6) is 0 Å². The molecule has 2 heterocycles. The lowest BCUT2D eigenvalue weighted by Crippen LogP contribution is -2.15. The standard InChI is InChI=1S/C17H13FN2S/c18-11-2-3-12-13(9-19-15(12)8-11)10-1-4-16-14(7-10)17(5-6-17)20-21-16/h1-4,7,9,20H,5-6,8H2. The van der Waals surface area contributed by atoms with Crippen molar-refractivity contribution in [2.24, 2.45) is 4.99 Å². The van der Waals surface area contributed by atoms with Crippen LogP contribution in [0.25, 0.3) is 5.57 Å². The van der Waals surface area contributed by atoms with Gasteiger partial charge in [-0.3, -0.25) is 4.99 Å². The number of halogens is 1. The minimum absolute atomic E-state index is 0.112. The summed E-state index contributed by atoms with van der Waals surface area (Å²) < 4.78 is 16.9. The van der Waals surface area contributed by atoms with Crippen molar-refractivity contribution >= 4 is 23.2 Å². The van der Waals surface area contributed by atoms with E-state index >= 15 is 0 Å². The summed E-state index contributed by atoms with van der Waals surface area (Å²) in [6.45, 7) is 0. The fourth-order valence-electron chi connectivity index (χ4n) is 3.25. The first-order chi connectivity index (χ1) is 10.3. The summed E-state index contributed by atoms with van der Waals surface area (Å²) in [5.74, 6) is -0.112. The third-order valence-corrected chi connectivity index (χ3v) is 5.70. The predicted molar refractivity (Wildman–Crippen MR) is 83.6 cm³/mol. The lowest BCUT2D eigenvalue weighted by Gasteiger charge is -2.13. The van der Waals surface area contributed by atoms with Crippen LogP contribution in [-0.4, -0.2) is 5.71 Å². The van der Waals surface area contributed by atoms with Crippen LogP contribution in [0.2, 0.25) is 0 Å². The highest BCUT2D eigenvalue weighted by Crippen LogP contribution is 2.55. The first-order valence-corrected chi connectivity index (χ1v) is 8.00. The molecule has 0 amide bonds. The van der Waals surface area contributed by atoms with Crippen LogP contribution in [0.1, 0.15) is 30.4 Å². The molecule has 5 rings (SSSR count). The van der Waals surface area contributed by atoms with E-state index in [1.807, 2.05) is 12.3 Å². The van der Waals surface area contributed by atoms with Gasteiger partial charge in [0.15, 0.2) is 0 Å². The number of nitrogens with zero attached hydrogens (tertiary/aromatic N) is 1. The number of fused-ring (bicyclic) bond motifs is 3. The molecule has 2 aliphatic carbocycles. The van der Waals surface area contributed by atoms with Crippen LogP contribution in [-0.2, 0) is 5.54 Å². The SMILES string of the molecule is FC1=CC=C2C(c3ccc4c(c3)C3(CC3)NS4)=CN=C2C1. The largest absolute Gasteiger partial charge is 0.260 e. The van der Waals surface area contributed by atoms with Gasteiger partial charge in [-0.25, -0.2) is 9.11 Å². The van der Waals surface area contributed by atoms with Crippen molar-refractivity contribution in [3.8, 4) is 0 Å². The predicted octanol–water partition coefficient (Wildman–Crippen LogP) is 4.27. The minimum Gasteiger partial charge on any atom is -0.260 e. The highest BCUT2D eigenvalue weighted by atomic mass is 32.2. The van der Waals surface area contributed by atoms with Gasteiger partial charge >= 0.3 is 0 Å². The Morgan fingerprint density at radius 2 is 2.10 bits per heavy atom. The fourth-order valence-corrected chi connectivity index (χ4v) is 4.37. The number of nitrogens with one attached hydrogen (secondary N) is 1. The van der Waals surface area contributed by atoms with E-state index in [2.05, 4.69) is 27.9 Å². The number of allylic oxidation sites excluding steroid dienone is 5. The van der Waals surface area contributed by atoms with Crippen molar-refractivity contribution in [3.63, 3.8) is 0 Å². The molecule has 4 aliphatic rings. The van der Waals surface area contributed by atoms with E-state index in [4.69, 9.17) is 0 Å². The maximum atomic E-state index is 13.3. The molecule has 4 heteroatoms. The molecular formula is C17H13FN2S. The van der Waals surface area contributed by atoms with Gasteiger partial charge in [-0.2, -0.15) is 0 Å². The Kier molecular flexibility index (Phi) is 2.25. The summed E-state index contributed by atoms with van der Waals surface area (Å²) in [6.07, 6.45) is 8.04. The highest BCUT2D eigenvalue weighted by molar-refractivity contribution is 7.97. The summed E-state index contributed by atoms with van der Waals surface area (Å²) in [5.41, 5.74) is 5.84. The molecule has 0 saturated heterocycles. The molecule has 2 aliphatic heterocycles. The molecule has 1 aromatic rings. The number of hydrogen-bond donors (Lipinski definition) is 1. The van der Waals surface area contributed by atoms with Crippen LogP contribution in [0.4, 0.5) is 4.39 Å². The van der Waals surface area contributed by atoms with Crippen LogP contribution in [0.3, 0.4) is 0 Å². The second-order valence-electron chi connectivity index (χ2n) is 5.99. The van der Waals surface area contributed by atoms with E-state index in [1.54, 1.807) is 18.0 Å². The first kappa shape index (κ1) is 12.0. The zero-order valence-electron chi connectivity index (χ0n) is 11.3. The molecule has 1 N–H and O–H groups in total. The van der Waals surface area contributed by atoms with E-state index in [1.165, 1.54) is 28.9 Å². The molecule has 1 spiro atoms. The summed E-state index contributed by atoms with van der Waals surface area (Å²) in [5, 5.41) is 0. The average molecular weight is 296 g/mol. The third kappa shape index (κ3) is 1.66. The highest BCUT2D eigenvalue weighted by Gasteiger charge is 2.49. The Morgan fingerprint density at radius 3 is 2.95 bits per heavy atom. The monoisotopic (exact) mass is 296 g/mol. The van der Waals surface area contributed by atoms with Gasteiger partial charge in [0.25, 0.3) is 0 Å². The summed E-state index contributed by atoms with van der Waals surface area (Å²) in [6, 6.07) is 6.62. The molecule has 0 aromatic heterocycles. The van der Waals surface area contributed by atoms with Crippen molar-refractivity contribution in [1.29, 1.82) is 0 Å². The van der Waals surface area contributed by atoms with Gasteiger partial charge in [0, 0.05) is 28.7 Å². The Hall–Kier alpha value is -1.65. The van der Waals surface area contributed by atoms with Crippen LogP contribution < -0.4 is 4.72 Å². The fraction of sp³-hybridized carbons (Fsp3) is 0.235. The Morgan fingerprint density at radius 1 is 1.19 bits per heavy atom. The van der Waals surface area contributed by atoms with Crippen LogP contribution >= 0.6 is 11.9 Å². The third-order valence-electron chi connectivity index (χ3n) is 4.63. The van der Waals surface area contributed by atoms with Gasteiger partial charge < -0.3 is 0 Å². The van der Waals surface area contributed by atoms with E-state index in [9.17, 15) is 4.39 Å². The Balaban J connectivity index is 1.58. The molecule has 2 nitrogen and oxygen atoms in total. The molecule has 0 unspecified atom stereocenters. The van der Waals surface area contributed by atoms with Crippen molar-refractivity contribution in [2.75, 3.05) is 0 Å². The number of hydrogen-bond acceptors (Lipinski definition) is 3. The molecule has 21 heavy (non-hydrogen) atoms. The van der Waals surface area contributed by atoms with Gasteiger partial charge in [-0.1, -0.05) is 6.07 Å². The van der Waals surface area contributed by atoms with Crippen LogP contribution in [0, 0.1) is 0 Å². The second-order valence-corrected chi connectivity index (χ2v) is 6.83. The molecule has 104 valence electrons. The maximum Gasteiger partial charge on any atom is 0.106 e. The van der Waals surface area contributed by atoms with E-state index < -0.39 is 0 Å². The van der Waals surface area contributed by atoms with Crippen molar-refractivity contribution < 1.29 is 4.39 Å². The minimum atomic E-state index is -0.112. The van der Waals surface area contributed by atoms with E-state index in [0.29, 0.717) is 6.42 Å². The molecular weight excluding hydrogens is 283 g/mol. The zero-order valence-corrected chi connectivity index (χ0v) is 12.1. The second kappa shape index (κ2) is 3.96. The lowest BCUT2D eigenvalue weighted by molar-refractivity contribution is 0.623. The normalized spacial score (nSPS) is 24.0. The van der Waals surface area contributed by atoms with Crippen molar-refractivity contribution in [2.45, 2.75) is 29.7 Å². The summed E-state index contributed by atoms with van der Waals surface area (Å²) in [7, 11) is 0. The van der Waals surface area contributed by atoms with Crippen molar-refractivity contribution in [1.82, 2.24) is 4.72 Å². The first-order valence-electron chi connectivity index (χ1n) is 7.18. The van der Waals surface area contributed by atoms with Gasteiger partial charge in [-0.05, 0) is 60.2 Å². The Bertz CT molecular complexity index is 797. The zero-order chi connectivity index (χ0) is 14.0. The molecule has 1 fully saturated rings. The van der Waals surface area contributed by atoms with E-state index in [0.717, 1.165) is 16.9 Å². The topological polar surface area (TPSA) is 24.4 Å². The molecule has 0 atom stereocenters. The maximum absolute atomic E-state index is 13.3. The average Bonchev–Trinajstić information content (AvgIpc) is 3.03. The number of rotatable bonds is 1. The number of aliphatic imine (C=N–C) groups is 1. The van der Waals surface area contributed by atoms with Crippen LogP contribution in [0.15, 0.2) is 57.8 Å². The quantitative estimate of drug-likeness (QED) is 0.783. The smallest absolute Gasteiger partial charge is 0.106 e. The summed E-state index contributed by atoms with van der Waals surface area (Å²) >= 11 is 1.74. The van der Waals surface area contributed by atoms with Gasteiger partial charge in [-0.15, -0.1) is 0 Å². The van der Waals surface area contributed by atoms with Crippen molar-refractivity contribution in [3.05, 3.63) is 59.1 Å². The molecule has 1 aromatic carbocycles. The van der Waals surface area contributed by atoms with Gasteiger partial charge in [0.1, 0.15) is 5.83 Å². The molecule has 1 saturated carbocycles. The molecule has 0 bridgehead atoms. The van der Waals surface area contributed by atoms with E-state index in [-0.39, 0.29) is 11.4 Å². The summed E-state index contributed by atoms with van der Waals surface area (Å²) in [4.78, 5) is 5.73. The van der Waals surface area contributed by atoms with Gasteiger partial charge in [0.05, 0.1) is 11.3 Å². The molecule has 0 radical (unpaired) electrons. The number of benzene rings is 1.